The summed E-state index contributed by atoms with van der Waals surface area (Å²) in [6, 6.07) is 48.8. The lowest BCUT2D eigenvalue weighted by Crippen LogP contribution is -2.58. The third-order valence-electron chi connectivity index (χ3n) is 11.8. The Morgan fingerprint density at radius 2 is 0.737 bits per heavy atom. The highest BCUT2D eigenvalue weighted by Crippen LogP contribution is 2.48. The first-order chi connectivity index (χ1) is 27.4. The largest absolute Gasteiger partial charge is 0.378 e. The lowest BCUT2D eigenvalue weighted by Gasteiger charge is -2.40. The van der Waals surface area contributed by atoms with Crippen LogP contribution < -0.4 is 10.6 Å². The quantitative estimate of drug-likeness (QED) is 0.0841. The lowest BCUT2D eigenvalue weighted by molar-refractivity contribution is -0.140. The minimum Gasteiger partial charge on any atom is -0.378 e. The first-order valence-electron chi connectivity index (χ1n) is 19.8. The van der Waals surface area contributed by atoms with Gasteiger partial charge in [0.1, 0.15) is 16.6 Å². The number of nitrogens with one attached hydrogen (secondary N) is 2. The van der Waals surface area contributed by atoms with Crippen LogP contribution in [0.4, 0.5) is 0 Å². The van der Waals surface area contributed by atoms with Crippen LogP contribution >= 0.6 is 0 Å². The molecule has 2 amide bonds. The van der Waals surface area contributed by atoms with Crippen molar-refractivity contribution in [1.29, 1.82) is 0 Å². The number of aryl methyl sites for hydroxylation is 4. The number of carbonyl (C=O) groups is 2. The Labute approximate surface area is 336 Å². The molecule has 290 valence electrons. The molecule has 0 aromatic heterocycles. The number of hydrogen-bond donors (Lipinski definition) is 4. The number of benzene rings is 6. The zero-order valence-electron chi connectivity index (χ0n) is 33.2. The second-order valence-electron chi connectivity index (χ2n) is 16.0. The van der Waals surface area contributed by atoms with Crippen LogP contribution in [0.25, 0.3) is 0 Å². The number of amides is 2. The van der Waals surface area contributed by atoms with Crippen molar-refractivity contribution in [2.45, 2.75) is 76.7 Å². The highest BCUT2D eigenvalue weighted by atomic mass is 16.3. The number of rotatable bonds is 14. The normalized spacial score (nSPS) is 14.6. The molecular formula is C51H52N2O4. The minimum atomic E-state index is -1.65. The predicted molar refractivity (Wildman–Crippen MR) is 227 cm³/mol. The van der Waals surface area contributed by atoms with Gasteiger partial charge in [-0.1, -0.05) is 180 Å². The molecule has 4 N–H and O–H groups in total. The summed E-state index contributed by atoms with van der Waals surface area (Å²) >= 11 is 0. The molecule has 1 saturated carbocycles. The Bertz CT molecular complexity index is 2030. The molecule has 6 aromatic carbocycles. The molecule has 6 heteroatoms. The van der Waals surface area contributed by atoms with E-state index in [-0.39, 0.29) is 0 Å². The fourth-order valence-electron chi connectivity index (χ4n) is 7.95. The molecule has 6 nitrogen and oxygen atoms in total. The molecule has 0 aliphatic heterocycles. The van der Waals surface area contributed by atoms with Crippen molar-refractivity contribution in [3.8, 4) is 0 Å². The molecule has 0 spiro atoms. The molecule has 0 bridgehead atoms. The molecular weight excluding hydrogens is 705 g/mol. The first-order valence-corrected chi connectivity index (χ1v) is 19.8. The van der Waals surface area contributed by atoms with Crippen LogP contribution in [0.5, 0.6) is 0 Å². The van der Waals surface area contributed by atoms with Crippen molar-refractivity contribution in [2.75, 3.05) is 0 Å². The number of hydrogen-bond acceptors (Lipinski definition) is 4. The molecule has 1 aliphatic rings. The van der Waals surface area contributed by atoms with E-state index in [1.165, 1.54) is 0 Å². The molecule has 0 radical (unpaired) electrons. The maximum absolute atomic E-state index is 14.8. The van der Waals surface area contributed by atoms with Crippen LogP contribution in [0.15, 0.2) is 158 Å². The van der Waals surface area contributed by atoms with Gasteiger partial charge >= 0.3 is 0 Å². The van der Waals surface area contributed by atoms with E-state index in [9.17, 15) is 19.8 Å². The van der Waals surface area contributed by atoms with E-state index in [1.807, 2.05) is 185 Å². The van der Waals surface area contributed by atoms with Crippen molar-refractivity contribution in [1.82, 2.24) is 10.6 Å². The summed E-state index contributed by atoms with van der Waals surface area (Å²) in [6.07, 6.45) is 1.28. The third-order valence-corrected chi connectivity index (χ3v) is 11.8. The Morgan fingerprint density at radius 1 is 0.474 bits per heavy atom. The summed E-state index contributed by atoms with van der Waals surface area (Å²) in [7, 11) is 0. The van der Waals surface area contributed by atoms with Gasteiger partial charge in [0.05, 0.1) is 12.1 Å². The lowest BCUT2D eigenvalue weighted by atomic mass is 9.76. The van der Waals surface area contributed by atoms with E-state index in [2.05, 4.69) is 10.6 Å². The van der Waals surface area contributed by atoms with Crippen LogP contribution in [0.2, 0.25) is 0 Å². The summed E-state index contributed by atoms with van der Waals surface area (Å²) in [5.41, 5.74) is 3.89. The van der Waals surface area contributed by atoms with Crippen LogP contribution in [-0.2, 0) is 33.6 Å². The zero-order valence-corrected chi connectivity index (χ0v) is 33.2. The van der Waals surface area contributed by atoms with Crippen LogP contribution in [0.3, 0.4) is 0 Å². The van der Waals surface area contributed by atoms with E-state index in [4.69, 9.17) is 0 Å². The summed E-state index contributed by atoms with van der Waals surface area (Å²) in [6.45, 7) is 7.99. The van der Waals surface area contributed by atoms with Gasteiger partial charge in [-0.2, -0.15) is 0 Å². The Hall–Kier alpha value is -5.82. The van der Waals surface area contributed by atoms with Gasteiger partial charge in [-0.15, -0.1) is 0 Å². The van der Waals surface area contributed by atoms with Crippen molar-refractivity contribution in [2.24, 2.45) is 5.41 Å². The third kappa shape index (κ3) is 8.20. The van der Waals surface area contributed by atoms with E-state index in [1.54, 1.807) is 0 Å². The van der Waals surface area contributed by atoms with Crippen LogP contribution in [0.1, 0.15) is 68.5 Å². The molecule has 7 rings (SSSR count). The monoisotopic (exact) mass is 756 g/mol. The molecule has 0 heterocycles. The second kappa shape index (κ2) is 16.3. The molecule has 0 unspecified atom stereocenters. The molecule has 6 aromatic rings. The first kappa shape index (κ1) is 39.4. The Morgan fingerprint density at radius 3 is 0.982 bits per heavy atom. The average Bonchev–Trinajstić information content (AvgIpc) is 4.04. The maximum Gasteiger partial charge on any atom is 0.236 e. The van der Waals surface area contributed by atoms with Gasteiger partial charge in [-0.25, -0.2) is 0 Å². The number of aliphatic hydroxyl groups is 2. The zero-order chi connectivity index (χ0) is 40.2. The van der Waals surface area contributed by atoms with Gasteiger partial charge in [0, 0.05) is 0 Å². The van der Waals surface area contributed by atoms with Crippen LogP contribution in [-0.4, -0.2) is 34.1 Å². The van der Waals surface area contributed by atoms with Crippen molar-refractivity contribution in [3.63, 3.8) is 0 Å². The summed E-state index contributed by atoms with van der Waals surface area (Å²) < 4.78 is 0. The highest BCUT2D eigenvalue weighted by molar-refractivity contribution is 6.08. The fourth-order valence-corrected chi connectivity index (χ4v) is 7.95. The second-order valence-corrected chi connectivity index (χ2v) is 16.0. The topological polar surface area (TPSA) is 98.7 Å². The smallest absolute Gasteiger partial charge is 0.236 e. The van der Waals surface area contributed by atoms with E-state index < -0.39 is 40.5 Å². The number of carbonyl (C=O) groups excluding carboxylic acids is 2. The van der Waals surface area contributed by atoms with E-state index >= 15 is 0 Å². The van der Waals surface area contributed by atoms with Gasteiger partial charge in [-0.05, 0) is 86.8 Å². The van der Waals surface area contributed by atoms with E-state index in [0.717, 1.165) is 33.4 Å². The van der Waals surface area contributed by atoms with Gasteiger partial charge in [0.15, 0.2) is 0 Å². The SMILES string of the molecule is Cc1ccc(C(O)(c2ccc(C)cc2)[C@@H](Cc2ccccc2)NC(=O)C2(C(=O)N[C@H](Cc3ccccc3)C(O)(c3ccc(C)cc3)c3ccc(C)cc3)CC2)cc1. The van der Waals surface area contributed by atoms with Crippen LogP contribution in [0, 0.1) is 33.1 Å². The highest BCUT2D eigenvalue weighted by Gasteiger charge is 2.59. The molecule has 2 atom stereocenters. The molecule has 0 saturated heterocycles. The molecule has 1 aliphatic carbocycles. The summed E-state index contributed by atoms with van der Waals surface area (Å²) in [5.74, 6) is -0.905. The average molecular weight is 757 g/mol. The van der Waals surface area contributed by atoms with Crippen molar-refractivity contribution < 1.29 is 19.8 Å². The predicted octanol–water partition coefficient (Wildman–Crippen LogP) is 8.33. The van der Waals surface area contributed by atoms with Gasteiger partial charge in [0.25, 0.3) is 0 Å². The van der Waals surface area contributed by atoms with Gasteiger partial charge < -0.3 is 20.8 Å². The maximum atomic E-state index is 14.8. The van der Waals surface area contributed by atoms with Crippen molar-refractivity contribution >= 4 is 11.8 Å². The standard InChI is InChI=1S/C51H52N2O4/c1-35-15-23-41(24-16-35)50(56,42-25-17-36(2)18-26-42)45(33-39-11-7-5-8-12-39)52-47(54)49(31-32-49)48(55)53-46(34-40-13-9-6-10-14-40)51(57,43-27-19-37(3)20-28-43)44-29-21-38(4)22-30-44/h5-30,45-46,56-57H,31-34H2,1-4H3,(H,52,54)(H,53,55)/t45-,46-/m1/s1. The van der Waals surface area contributed by atoms with Gasteiger partial charge in [-0.3, -0.25) is 9.59 Å². The Kier molecular flexibility index (Phi) is 11.3. The fraction of sp³-hybridized carbons (Fsp3) is 0.255. The summed E-state index contributed by atoms with van der Waals surface area (Å²) in [5, 5.41) is 32.7. The van der Waals surface area contributed by atoms with E-state index in [0.29, 0.717) is 47.9 Å². The summed E-state index contributed by atoms with van der Waals surface area (Å²) in [4.78, 5) is 29.7. The Balaban J connectivity index is 1.27. The molecule has 57 heavy (non-hydrogen) atoms. The van der Waals surface area contributed by atoms with Gasteiger partial charge in [0.2, 0.25) is 11.8 Å². The molecule has 1 fully saturated rings. The van der Waals surface area contributed by atoms with Crippen molar-refractivity contribution in [3.05, 3.63) is 213 Å². The minimum absolute atomic E-state index is 0.305.